The molecule has 0 aromatic rings. The van der Waals surface area contributed by atoms with E-state index >= 15 is 0 Å². The van der Waals surface area contributed by atoms with Gasteiger partial charge in [-0.05, 0) is 50.3 Å². The molecule has 0 N–H and O–H groups in total. The van der Waals surface area contributed by atoms with Crippen LogP contribution in [0.3, 0.4) is 0 Å². The molecule has 3 fully saturated rings. The predicted molar refractivity (Wildman–Crippen MR) is 86.6 cm³/mol. The van der Waals surface area contributed by atoms with Crippen LogP contribution < -0.4 is 0 Å². The number of thiol groups is 1. The van der Waals surface area contributed by atoms with Crippen LogP contribution >= 0.6 is 12.6 Å². The lowest BCUT2D eigenvalue weighted by molar-refractivity contribution is -0.0346. The molecule has 0 bridgehead atoms. The quantitative estimate of drug-likeness (QED) is 0.805. The number of nitrogens with zero attached hydrogens (tertiary/aromatic N) is 2. The van der Waals surface area contributed by atoms with Crippen molar-refractivity contribution >= 4 is 12.6 Å². The van der Waals surface area contributed by atoms with Crippen molar-refractivity contribution in [2.45, 2.75) is 51.1 Å². The van der Waals surface area contributed by atoms with Crippen LogP contribution in [0.5, 0.6) is 0 Å². The number of fused-ring (bicyclic) bond motifs is 1. The lowest BCUT2D eigenvalue weighted by atomic mass is 9.80. The molecule has 0 saturated carbocycles. The molecule has 0 aromatic carbocycles. The van der Waals surface area contributed by atoms with E-state index in [2.05, 4.69) is 29.4 Å². The molecule has 3 heterocycles. The summed E-state index contributed by atoms with van der Waals surface area (Å²) in [6.07, 6.45) is 6.61. The van der Waals surface area contributed by atoms with Gasteiger partial charge in [-0.15, -0.1) is 0 Å². The Morgan fingerprint density at radius 2 is 2.00 bits per heavy atom. The van der Waals surface area contributed by atoms with Gasteiger partial charge in [0, 0.05) is 44.9 Å². The number of hydrogen-bond acceptors (Lipinski definition) is 4. The van der Waals surface area contributed by atoms with E-state index in [4.69, 9.17) is 4.74 Å². The molecule has 0 aromatic heterocycles. The molecule has 0 amide bonds. The summed E-state index contributed by atoms with van der Waals surface area (Å²) in [6.45, 7) is 9.37. The topological polar surface area (TPSA) is 15.7 Å². The fourth-order valence-corrected chi connectivity index (χ4v) is 4.65. The molecular formula is C16H30N2OS. The molecule has 3 nitrogen and oxygen atoms in total. The molecule has 3 aliphatic rings. The zero-order valence-corrected chi connectivity index (χ0v) is 13.8. The van der Waals surface area contributed by atoms with E-state index < -0.39 is 0 Å². The second-order valence-electron chi connectivity index (χ2n) is 7.19. The Kier molecular flexibility index (Phi) is 4.96. The van der Waals surface area contributed by atoms with Gasteiger partial charge in [0.1, 0.15) is 0 Å². The van der Waals surface area contributed by atoms with E-state index in [1.54, 1.807) is 0 Å². The highest BCUT2D eigenvalue weighted by molar-refractivity contribution is 7.80. The Hall–Kier alpha value is 0.230. The average Bonchev–Trinajstić information content (AvgIpc) is 2.49. The third kappa shape index (κ3) is 3.18. The summed E-state index contributed by atoms with van der Waals surface area (Å²) < 4.78 is 5.57. The van der Waals surface area contributed by atoms with Gasteiger partial charge >= 0.3 is 0 Å². The second-order valence-corrected chi connectivity index (χ2v) is 7.51. The standard InChI is InChI=1S/C16H30N2OS/c1-14-10-17-7-3-2-4-15(17)11-18(14)12-16(13-20)5-8-19-9-6-16/h14-15,20H,2-13H2,1H3. The summed E-state index contributed by atoms with van der Waals surface area (Å²) in [5, 5.41) is 0. The van der Waals surface area contributed by atoms with E-state index in [9.17, 15) is 0 Å². The molecule has 116 valence electrons. The zero-order valence-electron chi connectivity index (χ0n) is 12.9. The molecule has 3 rings (SSSR count). The van der Waals surface area contributed by atoms with Gasteiger partial charge in [-0.1, -0.05) is 6.42 Å². The summed E-state index contributed by atoms with van der Waals surface area (Å²) in [7, 11) is 0. The van der Waals surface area contributed by atoms with Crippen LogP contribution in [0.1, 0.15) is 39.0 Å². The third-order valence-electron chi connectivity index (χ3n) is 5.74. The lowest BCUT2D eigenvalue weighted by Crippen LogP contribution is -2.60. The van der Waals surface area contributed by atoms with Crippen molar-refractivity contribution in [2.75, 3.05) is 45.1 Å². The first-order valence-corrected chi connectivity index (χ1v) is 9.02. The molecule has 0 spiro atoms. The van der Waals surface area contributed by atoms with Crippen molar-refractivity contribution in [3.63, 3.8) is 0 Å². The fourth-order valence-electron chi connectivity index (χ4n) is 4.23. The molecule has 2 atom stereocenters. The number of rotatable bonds is 3. The van der Waals surface area contributed by atoms with Gasteiger partial charge in [-0.3, -0.25) is 9.80 Å². The SMILES string of the molecule is CC1CN2CCCCC2CN1CC1(CS)CCOCC1. The Morgan fingerprint density at radius 1 is 1.20 bits per heavy atom. The Morgan fingerprint density at radius 3 is 2.75 bits per heavy atom. The van der Waals surface area contributed by atoms with Crippen molar-refractivity contribution in [1.29, 1.82) is 0 Å². The highest BCUT2D eigenvalue weighted by Crippen LogP contribution is 2.35. The minimum absolute atomic E-state index is 0.395. The van der Waals surface area contributed by atoms with E-state index in [-0.39, 0.29) is 0 Å². The van der Waals surface area contributed by atoms with Crippen molar-refractivity contribution in [3.05, 3.63) is 0 Å². The second kappa shape index (κ2) is 6.55. The van der Waals surface area contributed by atoms with Crippen molar-refractivity contribution in [2.24, 2.45) is 5.41 Å². The van der Waals surface area contributed by atoms with E-state index in [1.165, 1.54) is 58.3 Å². The first kappa shape index (κ1) is 15.1. The normalized spacial score (nSPS) is 35.7. The smallest absolute Gasteiger partial charge is 0.0472 e. The Labute approximate surface area is 129 Å². The Balaban J connectivity index is 1.63. The van der Waals surface area contributed by atoms with Gasteiger partial charge in [0.05, 0.1) is 0 Å². The lowest BCUT2D eigenvalue weighted by Gasteiger charge is -2.50. The summed E-state index contributed by atoms with van der Waals surface area (Å²) in [5.41, 5.74) is 0.395. The van der Waals surface area contributed by atoms with Crippen LogP contribution in [0.25, 0.3) is 0 Å². The maximum absolute atomic E-state index is 5.57. The Bertz CT molecular complexity index is 320. The van der Waals surface area contributed by atoms with E-state index in [0.29, 0.717) is 11.5 Å². The molecule has 3 saturated heterocycles. The van der Waals surface area contributed by atoms with Crippen molar-refractivity contribution in [1.82, 2.24) is 9.80 Å². The number of piperidine rings is 1. The molecular weight excluding hydrogens is 268 g/mol. The minimum Gasteiger partial charge on any atom is -0.381 e. The number of hydrogen-bond donors (Lipinski definition) is 1. The van der Waals surface area contributed by atoms with Crippen LogP contribution in [-0.2, 0) is 4.74 Å². The van der Waals surface area contributed by atoms with Gasteiger partial charge in [0.25, 0.3) is 0 Å². The van der Waals surface area contributed by atoms with E-state index in [0.717, 1.165) is 25.0 Å². The van der Waals surface area contributed by atoms with Crippen LogP contribution in [0.15, 0.2) is 0 Å². The average molecular weight is 298 g/mol. The summed E-state index contributed by atoms with van der Waals surface area (Å²) in [6, 6.07) is 1.51. The van der Waals surface area contributed by atoms with Gasteiger partial charge in [0.2, 0.25) is 0 Å². The van der Waals surface area contributed by atoms with Gasteiger partial charge in [0.15, 0.2) is 0 Å². The number of ether oxygens (including phenoxy) is 1. The van der Waals surface area contributed by atoms with Crippen LogP contribution in [0.4, 0.5) is 0 Å². The minimum atomic E-state index is 0.395. The highest BCUT2D eigenvalue weighted by atomic mass is 32.1. The maximum atomic E-state index is 5.57. The summed E-state index contributed by atoms with van der Waals surface area (Å²) in [4.78, 5) is 5.50. The molecule has 4 heteroatoms. The fraction of sp³-hybridized carbons (Fsp3) is 1.00. The van der Waals surface area contributed by atoms with Crippen LogP contribution in [-0.4, -0.2) is 67.0 Å². The van der Waals surface area contributed by atoms with Gasteiger partial charge in [-0.25, -0.2) is 0 Å². The maximum Gasteiger partial charge on any atom is 0.0472 e. The van der Waals surface area contributed by atoms with Crippen molar-refractivity contribution in [3.8, 4) is 0 Å². The predicted octanol–water partition coefficient (Wildman–Crippen LogP) is 2.27. The molecule has 2 unspecified atom stereocenters. The van der Waals surface area contributed by atoms with Crippen LogP contribution in [0.2, 0.25) is 0 Å². The first-order valence-electron chi connectivity index (χ1n) is 8.39. The van der Waals surface area contributed by atoms with E-state index in [1.807, 2.05) is 0 Å². The van der Waals surface area contributed by atoms with Crippen LogP contribution in [0, 0.1) is 5.41 Å². The first-order chi connectivity index (χ1) is 9.72. The third-order valence-corrected chi connectivity index (χ3v) is 6.41. The summed E-state index contributed by atoms with van der Waals surface area (Å²) >= 11 is 4.68. The molecule has 3 aliphatic heterocycles. The molecule has 0 radical (unpaired) electrons. The molecule has 0 aliphatic carbocycles. The monoisotopic (exact) mass is 298 g/mol. The zero-order chi connectivity index (χ0) is 14.0. The number of piperazine rings is 1. The summed E-state index contributed by atoms with van der Waals surface area (Å²) in [5.74, 6) is 1.01. The van der Waals surface area contributed by atoms with Crippen molar-refractivity contribution < 1.29 is 4.74 Å². The van der Waals surface area contributed by atoms with Gasteiger partial charge < -0.3 is 4.74 Å². The molecule has 20 heavy (non-hydrogen) atoms. The highest BCUT2D eigenvalue weighted by Gasteiger charge is 2.38. The largest absolute Gasteiger partial charge is 0.381 e. The van der Waals surface area contributed by atoms with Gasteiger partial charge in [-0.2, -0.15) is 12.6 Å².